The summed E-state index contributed by atoms with van der Waals surface area (Å²) in [4.78, 5) is 8.65. The Kier molecular flexibility index (Phi) is 2.89. The number of nitrogens with zero attached hydrogens (tertiary/aromatic N) is 3. The van der Waals surface area contributed by atoms with Crippen LogP contribution in [0.3, 0.4) is 0 Å². The van der Waals surface area contributed by atoms with Crippen LogP contribution in [0.4, 0.5) is 0 Å². The van der Waals surface area contributed by atoms with Gasteiger partial charge in [-0.2, -0.15) is 0 Å². The molecule has 0 saturated carbocycles. The summed E-state index contributed by atoms with van der Waals surface area (Å²) in [6, 6.07) is 0. The maximum atomic E-state index is 9.18. The molecule has 1 aromatic heterocycles. The van der Waals surface area contributed by atoms with Crippen LogP contribution in [-0.2, 0) is 4.74 Å². The number of hydrogen-bond donors (Lipinski definition) is 2. The van der Waals surface area contributed by atoms with E-state index in [0.29, 0.717) is 17.5 Å². The molecule has 1 fully saturated rings. The quantitative estimate of drug-likeness (QED) is 0.808. The van der Waals surface area contributed by atoms with Gasteiger partial charge in [-0.3, -0.25) is 5.43 Å². The number of nitrogens with one attached hydrogen (secondary N) is 1. The summed E-state index contributed by atoms with van der Waals surface area (Å²) in [6.45, 7) is 5.30. The van der Waals surface area contributed by atoms with Crippen LogP contribution in [0, 0.1) is 0 Å². The third-order valence-electron chi connectivity index (χ3n) is 3.33. The van der Waals surface area contributed by atoms with Crippen LogP contribution < -0.4 is 5.43 Å². The Morgan fingerprint density at radius 3 is 3.00 bits per heavy atom. The molecule has 2 N–H and O–H groups in total. The molecule has 0 amide bonds. The van der Waals surface area contributed by atoms with E-state index in [9.17, 15) is 5.11 Å². The second-order valence-corrected chi connectivity index (χ2v) is 4.50. The van der Waals surface area contributed by atoms with Crippen LogP contribution >= 0.6 is 0 Å². The van der Waals surface area contributed by atoms with Crippen molar-refractivity contribution in [1.82, 2.24) is 9.66 Å². The van der Waals surface area contributed by atoms with Crippen LogP contribution in [0.1, 0.15) is 30.3 Å². The molecule has 1 saturated heterocycles. The Morgan fingerprint density at radius 2 is 2.28 bits per heavy atom. The molecule has 6 heteroatoms. The molecule has 0 radical (unpaired) electrons. The van der Waals surface area contributed by atoms with Crippen LogP contribution in [0.15, 0.2) is 17.8 Å². The molecule has 2 aliphatic heterocycles. The topological polar surface area (TPSA) is 71.7 Å². The number of hydrogen-bond acceptors (Lipinski definition) is 5. The second-order valence-electron chi connectivity index (χ2n) is 4.50. The molecule has 1 aromatic rings. The van der Waals surface area contributed by atoms with E-state index in [1.54, 1.807) is 6.20 Å². The molecule has 0 aliphatic carbocycles. The largest absolute Gasteiger partial charge is 0.388 e. The highest BCUT2D eigenvalue weighted by molar-refractivity contribution is 5.96. The van der Waals surface area contributed by atoms with E-state index in [1.165, 1.54) is 0 Å². The van der Waals surface area contributed by atoms with Crippen molar-refractivity contribution in [3.8, 4) is 0 Å². The molecule has 96 valence electrons. The lowest BCUT2D eigenvalue weighted by Crippen LogP contribution is -2.33. The van der Waals surface area contributed by atoms with Crippen molar-refractivity contribution < 1.29 is 9.84 Å². The molecular formula is C12H16N4O2. The van der Waals surface area contributed by atoms with Gasteiger partial charge in [0, 0.05) is 19.1 Å². The van der Waals surface area contributed by atoms with Gasteiger partial charge < -0.3 is 9.84 Å². The van der Waals surface area contributed by atoms with Crippen LogP contribution in [-0.4, -0.2) is 40.4 Å². The number of rotatable bonds is 2. The molecule has 0 bridgehead atoms. The lowest BCUT2D eigenvalue weighted by molar-refractivity contribution is 0.0831. The van der Waals surface area contributed by atoms with Crippen molar-refractivity contribution in [3.63, 3.8) is 0 Å². The molecule has 3 rings (SSSR count). The molecule has 3 heterocycles. The first-order valence-electron chi connectivity index (χ1n) is 6.09. The summed E-state index contributed by atoms with van der Waals surface area (Å²) >= 11 is 0. The van der Waals surface area contributed by atoms with Gasteiger partial charge in [0.1, 0.15) is 24.0 Å². The highest BCUT2D eigenvalue weighted by Gasteiger charge is 2.25. The maximum Gasteiger partial charge on any atom is 0.147 e. The van der Waals surface area contributed by atoms with Gasteiger partial charge >= 0.3 is 0 Å². The fourth-order valence-corrected chi connectivity index (χ4v) is 2.38. The van der Waals surface area contributed by atoms with Gasteiger partial charge in [0.05, 0.1) is 11.9 Å². The summed E-state index contributed by atoms with van der Waals surface area (Å²) in [6.07, 6.45) is 3.71. The van der Waals surface area contributed by atoms with E-state index in [2.05, 4.69) is 22.0 Å². The highest BCUT2D eigenvalue weighted by atomic mass is 16.5. The molecule has 0 aromatic carbocycles. The Labute approximate surface area is 105 Å². The summed E-state index contributed by atoms with van der Waals surface area (Å²) in [5, 5.41) is 9.18. The molecule has 6 nitrogen and oxygen atoms in total. The third-order valence-corrected chi connectivity index (χ3v) is 3.33. The fraction of sp³-hybridized carbons (Fsp3) is 0.500. The van der Waals surface area contributed by atoms with Gasteiger partial charge in [-0.15, -0.1) is 0 Å². The van der Waals surface area contributed by atoms with Gasteiger partial charge in [-0.25, -0.2) is 14.7 Å². The number of aliphatic hydroxyl groups excluding tert-OH is 1. The van der Waals surface area contributed by atoms with Gasteiger partial charge in [0.2, 0.25) is 0 Å². The number of aromatic nitrogens is 2. The van der Waals surface area contributed by atoms with Gasteiger partial charge in [0.25, 0.3) is 0 Å². The smallest absolute Gasteiger partial charge is 0.147 e. The predicted octanol–water partition coefficient (Wildman–Crippen LogP) is 0.696. The fourth-order valence-electron chi connectivity index (χ4n) is 2.38. The average molecular weight is 248 g/mol. The summed E-state index contributed by atoms with van der Waals surface area (Å²) in [5.74, 6) is 1.85. The van der Waals surface area contributed by atoms with Crippen molar-refractivity contribution in [2.75, 3.05) is 25.2 Å². The van der Waals surface area contributed by atoms with E-state index in [0.717, 1.165) is 37.6 Å². The Hall–Kier alpha value is -1.66. The minimum atomic E-state index is -0.135. The first-order chi connectivity index (χ1) is 8.79. The third kappa shape index (κ3) is 1.83. The SMILES string of the molecule is C=C1N=C(CO)Nn2c1cnc2C1CCOCC1. The van der Waals surface area contributed by atoms with Crippen LogP contribution in [0.25, 0.3) is 5.70 Å². The van der Waals surface area contributed by atoms with Crippen molar-refractivity contribution in [2.24, 2.45) is 4.99 Å². The number of aliphatic imine (C=N–C) groups is 1. The standard InChI is InChI=1S/C12H16N4O2/c1-8-10-6-13-12(9-2-4-18-5-3-9)16(10)15-11(7-17)14-8/h6,9,17H,1-5,7H2,(H,14,15). The lowest BCUT2D eigenvalue weighted by atomic mass is 10.00. The number of fused-ring (bicyclic) bond motifs is 1. The molecule has 2 aliphatic rings. The average Bonchev–Trinajstić information content (AvgIpc) is 2.84. The number of amidine groups is 1. The van der Waals surface area contributed by atoms with E-state index in [-0.39, 0.29) is 6.61 Å². The Bertz CT molecular complexity index is 500. The molecule has 0 unspecified atom stereocenters. The van der Waals surface area contributed by atoms with Gasteiger partial charge in [-0.05, 0) is 12.8 Å². The van der Waals surface area contributed by atoms with Crippen molar-refractivity contribution >= 4 is 11.5 Å². The van der Waals surface area contributed by atoms with Crippen molar-refractivity contribution in [1.29, 1.82) is 0 Å². The number of imidazole rings is 1. The van der Waals surface area contributed by atoms with Crippen molar-refractivity contribution in [3.05, 3.63) is 24.3 Å². The van der Waals surface area contributed by atoms with E-state index in [4.69, 9.17) is 4.74 Å². The Balaban J connectivity index is 1.93. The monoisotopic (exact) mass is 248 g/mol. The van der Waals surface area contributed by atoms with Gasteiger partial charge in [0.15, 0.2) is 0 Å². The lowest BCUT2D eigenvalue weighted by Gasteiger charge is -2.25. The predicted molar refractivity (Wildman–Crippen MR) is 67.9 cm³/mol. The zero-order valence-corrected chi connectivity index (χ0v) is 10.1. The minimum absolute atomic E-state index is 0.135. The van der Waals surface area contributed by atoms with Crippen LogP contribution in [0.2, 0.25) is 0 Å². The molecule has 0 atom stereocenters. The van der Waals surface area contributed by atoms with E-state index < -0.39 is 0 Å². The minimum Gasteiger partial charge on any atom is -0.388 e. The van der Waals surface area contributed by atoms with Crippen molar-refractivity contribution in [2.45, 2.75) is 18.8 Å². The number of ether oxygens (including phenoxy) is 1. The first kappa shape index (κ1) is 11.4. The Morgan fingerprint density at radius 1 is 1.50 bits per heavy atom. The summed E-state index contributed by atoms with van der Waals surface area (Å²) in [7, 11) is 0. The zero-order chi connectivity index (χ0) is 12.5. The highest BCUT2D eigenvalue weighted by Crippen LogP contribution is 2.29. The number of aliphatic hydroxyl groups is 1. The summed E-state index contributed by atoms with van der Waals surface area (Å²) in [5.41, 5.74) is 4.56. The second kappa shape index (κ2) is 4.55. The van der Waals surface area contributed by atoms with E-state index in [1.807, 2.05) is 4.68 Å². The molecule has 0 spiro atoms. The normalized spacial score (nSPS) is 20.3. The molecule has 18 heavy (non-hydrogen) atoms. The summed E-state index contributed by atoms with van der Waals surface area (Å²) < 4.78 is 7.25. The first-order valence-corrected chi connectivity index (χ1v) is 6.09. The van der Waals surface area contributed by atoms with E-state index >= 15 is 0 Å². The van der Waals surface area contributed by atoms with Crippen LogP contribution in [0.5, 0.6) is 0 Å². The van der Waals surface area contributed by atoms with Gasteiger partial charge in [-0.1, -0.05) is 6.58 Å². The maximum absolute atomic E-state index is 9.18. The zero-order valence-electron chi connectivity index (χ0n) is 10.1. The molecular weight excluding hydrogens is 232 g/mol.